The van der Waals surface area contributed by atoms with E-state index < -0.39 is 0 Å². The average molecular weight is 351 g/mol. The number of fused-ring (bicyclic) bond motifs is 1. The van der Waals surface area contributed by atoms with Crippen LogP contribution in [-0.4, -0.2) is 43.6 Å². The van der Waals surface area contributed by atoms with Crippen LogP contribution in [-0.2, 0) is 17.6 Å². The molecule has 0 spiro atoms. The van der Waals surface area contributed by atoms with Crippen LogP contribution in [0.4, 0.5) is 0 Å². The summed E-state index contributed by atoms with van der Waals surface area (Å²) >= 11 is 6.38. The van der Waals surface area contributed by atoms with E-state index in [1.165, 1.54) is 30.4 Å². The van der Waals surface area contributed by atoms with Crippen LogP contribution in [0.1, 0.15) is 43.2 Å². The van der Waals surface area contributed by atoms with Gasteiger partial charge in [-0.05, 0) is 50.4 Å². The second kappa shape index (κ2) is 8.72. The Balaban J connectivity index is 1.62. The number of carbonyl (C=O) groups excluding carboxylic acids is 1. The van der Waals surface area contributed by atoms with Gasteiger partial charge in [-0.25, -0.2) is 0 Å². The number of nitrogens with zero attached hydrogens (tertiary/aromatic N) is 1. The Morgan fingerprint density at radius 3 is 2.79 bits per heavy atom. The molecule has 1 fully saturated rings. The van der Waals surface area contributed by atoms with E-state index in [1.54, 1.807) is 0 Å². The molecule has 1 aromatic carbocycles. The molecule has 3 rings (SSSR count). The van der Waals surface area contributed by atoms with Gasteiger partial charge >= 0.3 is 0 Å². The minimum atomic E-state index is 0.382. The lowest BCUT2D eigenvalue weighted by Crippen LogP contribution is -2.38. The molecule has 2 aliphatic rings. The summed E-state index contributed by atoms with van der Waals surface area (Å²) < 4.78 is 6.05. The number of halogens is 1. The first-order chi connectivity index (χ1) is 11.8. The van der Waals surface area contributed by atoms with Crippen molar-refractivity contribution in [2.75, 3.05) is 26.2 Å². The second-order valence-corrected chi connectivity index (χ2v) is 7.15. The smallest absolute Gasteiger partial charge is 0.210 e. The van der Waals surface area contributed by atoms with E-state index >= 15 is 0 Å². The Kier molecular flexibility index (Phi) is 6.38. The van der Waals surface area contributed by atoms with Crippen molar-refractivity contribution in [2.24, 2.45) is 0 Å². The molecule has 1 N–H and O–H groups in total. The van der Waals surface area contributed by atoms with Gasteiger partial charge in [0.05, 0.1) is 11.6 Å². The number of hydrogen-bond donors (Lipinski definition) is 1. The van der Waals surface area contributed by atoms with Gasteiger partial charge < -0.3 is 15.0 Å². The van der Waals surface area contributed by atoms with Gasteiger partial charge in [-0.3, -0.25) is 4.79 Å². The highest BCUT2D eigenvalue weighted by Gasteiger charge is 2.20. The van der Waals surface area contributed by atoms with Gasteiger partial charge in [0.15, 0.2) is 0 Å². The number of benzene rings is 1. The maximum Gasteiger partial charge on any atom is 0.210 e. The molecule has 0 aromatic heterocycles. The van der Waals surface area contributed by atoms with Crippen molar-refractivity contribution in [2.45, 2.75) is 51.0 Å². The van der Waals surface area contributed by atoms with Crippen LogP contribution in [0.25, 0.3) is 0 Å². The summed E-state index contributed by atoms with van der Waals surface area (Å²) in [5.74, 6) is 0.812. The monoisotopic (exact) mass is 350 g/mol. The van der Waals surface area contributed by atoms with Crippen LogP contribution in [0.5, 0.6) is 5.75 Å². The lowest BCUT2D eigenvalue weighted by Gasteiger charge is -2.31. The van der Waals surface area contributed by atoms with Crippen molar-refractivity contribution in [1.29, 1.82) is 0 Å². The summed E-state index contributed by atoms with van der Waals surface area (Å²) in [6, 6.07) is 4.42. The highest BCUT2D eigenvalue weighted by atomic mass is 35.5. The number of carbonyl (C=O) groups is 1. The minimum absolute atomic E-state index is 0.382. The standard InChI is InChI=1S/C19H27ClN2O2/c20-18-7-6-15-8-10-21-11-9-17(15)19(18)24-13-12-22(14-23)16-4-2-1-3-5-16/h6-7,14,16,21H,1-5,8-13H2. The fraction of sp³-hybridized carbons (Fsp3) is 0.632. The van der Waals surface area contributed by atoms with Crippen LogP contribution in [0.3, 0.4) is 0 Å². The number of rotatable bonds is 6. The van der Waals surface area contributed by atoms with E-state index in [-0.39, 0.29) is 0 Å². The molecule has 0 saturated heterocycles. The molecule has 0 bridgehead atoms. The maximum absolute atomic E-state index is 11.4. The van der Waals surface area contributed by atoms with Gasteiger partial charge in [-0.1, -0.05) is 36.9 Å². The molecule has 0 radical (unpaired) electrons. The normalized spacial score (nSPS) is 18.5. The van der Waals surface area contributed by atoms with Crippen molar-refractivity contribution in [3.63, 3.8) is 0 Å². The zero-order valence-corrected chi connectivity index (χ0v) is 15.0. The zero-order chi connectivity index (χ0) is 16.8. The van der Waals surface area contributed by atoms with Gasteiger partial charge in [-0.15, -0.1) is 0 Å². The molecule has 1 heterocycles. The molecule has 1 saturated carbocycles. The van der Waals surface area contributed by atoms with Gasteiger partial charge in [-0.2, -0.15) is 0 Å². The van der Waals surface area contributed by atoms with Crippen LogP contribution in [0.2, 0.25) is 5.02 Å². The summed E-state index contributed by atoms with van der Waals surface area (Å²) in [6.07, 6.45) is 8.89. The quantitative estimate of drug-likeness (QED) is 0.801. The number of hydrogen-bond acceptors (Lipinski definition) is 3. The van der Waals surface area contributed by atoms with Crippen molar-refractivity contribution in [1.82, 2.24) is 10.2 Å². The Morgan fingerprint density at radius 2 is 2.00 bits per heavy atom. The van der Waals surface area contributed by atoms with Gasteiger partial charge in [0.25, 0.3) is 0 Å². The third-order valence-electron chi connectivity index (χ3n) is 5.21. The molecule has 132 valence electrons. The molecule has 1 aliphatic carbocycles. The molecular weight excluding hydrogens is 324 g/mol. The van der Waals surface area contributed by atoms with Gasteiger partial charge in [0, 0.05) is 11.6 Å². The molecule has 0 unspecified atom stereocenters. The van der Waals surface area contributed by atoms with Crippen molar-refractivity contribution in [3.05, 3.63) is 28.3 Å². The first kappa shape index (κ1) is 17.6. The highest BCUT2D eigenvalue weighted by Crippen LogP contribution is 2.33. The average Bonchev–Trinajstić information content (AvgIpc) is 2.86. The number of amides is 1. The molecule has 1 aromatic rings. The van der Waals surface area contributed by atoms with Crippen LogP contribution in [0.15, 0.2) is 12.1 Å². The Labute approximate surface area is 149 Å². The molecule has 4 nitrogen and oxygen atoms in total. The molecule has 24 heavy (non-hydrogen) atoms. The summed E-state index contributed by atoms with van der Waals surface area (Å²) in [6.45, 7) is 3.08. The molecule has 1 aliphatic heterocycles. The minimum Gasteiger partial charge on any atom is -0.490 e. The Morgan fingerprint density at radius 1 is 1.21 bits per heavy atom. The van der Waals surface area contributed by atoms with Gasteiger partial charge in [0.2, 0.25) is 6.41 Å². The lowest BCUT2D eigenvalue weighted by molar-refractivity contribution is -0.121. The topological polar surface area (TPSA) is 41.6 Å². The lowest BCUT2D eigenvalue weighted by atomic mass is 9.94. The number of ether oxygens (including phenoxy) is 1. The molecular formula is C19H27ClN2O2. The molecule has 0 atom stereocenters. The van der Waals surface area contributed by atoms with E-state index in [0.717, 1.165) is 50.9 Å². The molecule has 5 heteroatoms. The van der Waals surface area contributed by atoms with Crippen molar-refractivity contribution < 1.29 is 9.53 Å². The largest absolute Gasteiger partial charge is 0.490 e. The van der Waals surface area contributed by atoms with E-state index in [1.807, 2.05) is 11.0 Å². The summed E-state index contributed by atoms with van der Waals surface area (Å²) in [5, 5.41) is 4.09. The Hall–Kier alpha value is -1.26. The fourth-order valence-corrected chi connectivity index (χ4v) is 4.08. The van der Waals surface area contributed by atoms with Crippen molar-refractivity contribution in [3.8, 4) is 5.75 Å². The third kappa shape index (κ3) is 4.22. The SMILES string of the molecule is O=CN(CCOc1c(Cl)ccc2c1CCNCC2)C1CCCCC1. The predicted molar refractivity (Wildman–Crippen MR) is 96.9 cm³/mol. The maximum atomic E-state index is 11.4. The predicted octanol–water partition coefficient (Wildman–Crippen LogP) is 3.20. The second-order valence-electron chi connectivity index (χ2n) is 6.75. The third-order valence-corrected chi connectivity index (χ3v) is 5.50. The highest BCUT2D eigenvalue weighted by molar-refractivity contribution is 6.32. The summed E-state index contributed by atoms with van der Waals surface area (Å²) in [5.41, 5.74) is 2.54. The number of nitrogens with one attached hydrogen (secondary N) is 1. The first-order valence-electron chi connectivity index (χ1n) is 9.14. The Bertz CT molecular complexity index is 559. The van der Waals surface area contributed by atoms with Crippen LogP contribution >= 0.6 is 11.6 Å². The van der Waals surface area contributed by atoms with E-state index in [4.69, 9.17) is 16.3 Å². The van der Waals surface area contributed by atoms with Gasteiger partial charge in [0.1, 0.15) is 12.4 Å². The zero-order valence-electron chi connectivity index (χ0n) is 14.2. The first-order valence-corrected chi connectivity index (χ1v) is 9.52. The fourth-order valence-electron chi connectivity index (χ4n) is 3.85. The van der Waals surface area contributed by atoms with Crippen LogP contribution < -0.4 is 10.1 Å². The summed E-state index contributed by atoms with van der Waals surface area (Å²) in [7, 11) is 0. The van der Waals surface area contributed by atoms with E-state index in [9.17, 15) is 4.79 Å². The van der Waals surface area contributed by atoms with Crippen molar-refractivity contribution >= 4 is 18.0 Å². The summed E-state index contributed by atoms with van der Waals surface area (Å²) in [4.78, 5) is 13.3. The van der Waals surface area contributed by atoms with E-state index in [0.29, 0.717) is 24.2 Å². The van der Waals surface area contributed by atoms with E-state index in [2.05, 4.69) is 11.4 Å². The van der Waals surface area contributed by atoms with Crippen LogP contribution in [0, 0.1) is 0 Å². The molecule has 1 amide bonds.